The Bertz CT molecular complexity index is 431. The summed E-state index contributed by atoms with van der Waals surface area (Å²) in [4.78, 5) is 2.43. The second kappa shape index (κ2) is 9.16. The lowest BCUT2D eigenvalue weighted by Crippen LogP contribution is -2.28. The topological polar surface area (TPSA) is 35.5 Å². The van der Waals surface area contributed by atoms with E-state index in [0.717, 1.165) is 26.2 Å². The number of aliphatic hydroxyl groups is 1. The zero-order valence-corrected chi connectivity index (χ0v) is 14.2. The summed E-state index contributed by atoms with van der Waals surface area (Å²) in [7, 11) is 0. The molecule has 0 radical (unpaired) electrons. The van der Waals surface area contributed by atoms with Crippen LogP contribution in [0.1, 0.15) is 45.1 Å². The number of nitrogens with zero attached hydrogens (tertiary/aromatic N) is 1. The Balaban J connectivity index is 1.89. The lowest BCUT2D eigenvalue weighted by Gasteiger charge is -2.30. The van der Waals surface area contributed by atoms with Crippen molar-refractivity contribution in [3.8, 4) is 0 Å². The van der Waals surface area contributed by atoms with E-state index in [9.17, 15) is 5.11 Å². The molecule has 1 aliphatic carbocycles. The molecule has 1 fully saturated rings. The van der Waals surface area contributed by atoms with E-state index in [4.69, 9.17) is 0 Å². The first kappa shape index (κ1) is 17.3. The first-order chi connectivity index (χ1) is 10.8. The predicted molar refractivity (Wildman–Crippen MR) is 94.1 cm³/mol. The summed E-state index contributed by atoms with van der Waals surface area (Å²) in [5, 5.41) is 13.1. The van der Waals surface area contributed by atoms with E-state index >= 15 is 0 Å². The largest absolute Gasteiger partial charge is 0.396 e. The van der Waals surface area contributed by atoms with E-state index in [1.807, 2.05) is 0 Å². The Morgan fingerprint density at radius 2 is 1.86 bits per heavy atom. The molecule has 3 nitrogen and oxygen atoms in total. The van der Waals surface area contributed by atoms with Crippen LogP contribution in [0.3, 0.4) is 0 Å². The molecule has 3 heteroatoms. The number of hydrogen-bond donors (Lipinski definition) is 2. The standard InChI is InChI=1S/C19H32N2O/c1-3-21(4-2)14-16-8-7-11-19(12-16)20-13-17-9-5-6-10-18(17)15-22/h7-8,11-12,17-18,20,22H,3-6,9-10,13-15H2,1-2H3. The van der Waals surface area contributed by atoms with Crippen molar-refractivity contribution < 1.29 is 5.11 Å². The van der Waals surface area contributed by atoms with Crippen LogP contribution in [-0.4, -0.2) is 36.2 Å². The summed E-state index contributed by atoms with van der Waals surface area (Å²) in [5.41, 5.74) is 2.59. The maximum Gasteiger partial charge on any atom is 0.0462 e. The summed E-state index contributed by atoms with van der Waals surface area (Å²) in [6.07, 6.45) is 5.02. The van der Waals surface area contributed by atoms with Gasteiger partial charge in [-0.3, -0.25) is 4.90 Å². The van der Waals surface area contributed by atoms with Crippen molar-refractivity contribution >= 4 is 5.69 Å². The van der Waals surface area contributed by atoms with Crippen LogP contribution in [0.25, 0.3) is 0 Å². The molecular formula is C19H32N2O. The molecule has 2 N–H and O–H groups in total. The zero-order valence-electron chi connectivity index (χ0n) is 14.2. The van der Waals surface area contributed by atoms with Gasteiger partial charge in [0.05, 0.1) is 0 Å². The third-order valence-electron chi connectivity index (χ3n) is 5.10. The van der Waals surface area contributed by atoms with Crippen molar-refractivity contribution in [1.29, 1.82) is 0 Å². The molecule has 1 saturated carbocycles. The van der Waals surface area contributed by atoms with Gasteiger partial charge >= 0.3 is 0 Å². The minimum absolute atomic E-state index is 0.342. The van der Waals surface area contributed by atoms with E-state index in [0.29, 0.717) is 18.4 Å². The van der Waals surface area contributed by atoms with Crippen LogP contribution in [0.5, 0.6) is 0 Å². The Morgan fingerprint density at radius 1 is 1.14 bits per heavy atom. The minimum Gasteiger partial charge on any atom is -0.396 e. The first-order valence-electron chi connectivity index (χ1n) is 8.92. The van der Waals surface area contributed by atoms with Gasteiger partial charge in [-0.2, -0.15) is 0 Å². The maximum absolute atomic E-state index is 9.52. The molecule has 1 aromatic carbocycles. The quantitative estimate of drug-likeness (QED) is 0.768. The fourth-order valence-electron chi connectivity index (χ4n) is 3.53. The Hall–Kier alpha value is -1.06. The van der Waals surface area contributed by atoms with Crippen LogP contribution in [-0.2, 0) is 6.54 Å². The van der Waals surface area contributed by atoms with Gasteiger partial charge in [-0.1, -0.05) is 38.8 Å². The summed E-state index contributed by atoms with van der Waals surface area (Å²) < 4.78 is 0. The van der Waals surface area contributed by atoms with Crippen LogP contribution >= 0.6 is 0 Å². The Kier molecular flexibility index (Phi) is 7.20. The molecule has 0 aliphatic heterocycles. The number of anilines is 1. The summed E-state index contributed by atoms with van der Waals surface area (Å²) in [5.74, 6) is 1.10. The van der Waals surface area contributed by atoms with Gasteiger partial charge in [0, 0.05) is 25.4 Å². The first-order valence-corrected chi connectivity index (χ1v) is 8.92. The van der Waals surface area contributed by atoms with Crippen LogP contribution in [0.4, 0.5) is 5.69 Å². The van der Waals surface area contributed by atoms with E-state index in [1.54, 1.807) is 0 Å². The SMILES string of the molecule is CCN(CC)Cc1cccc(NCC2CCCCC2CO)c1. The Labute approximate surface area is 135 Å². The van der Waals surface area contributed by atoms with Gasteiger partial charge in [0.25, 0.3) is 0 Å². The molecule has 0 spiro atoms. The third kappa shape index (κ3) is 4.99. The normalized spacial score (nSPS) is 22.0. The minimum atomic E-state index is 0.342. The number of benzene rings is 1. The van der Waals surface area contributed by atoms with Gasteiger partial charge in [0.15, 0.2) is 0 Å². The zero-order chi connectivity index (χ0) is 15.8. The fourth-order valence-corrected chi connectivity index (χ4v) is 3.53. The Morgan fingerprint density at radius 3 is 2.55 bits per heavy atom. The number of aliphatic hydroxyl groups excluding tert-OH is 1. The van der Waals surface area contributed by atoms with Crippen LogP contribution in [0.2, 0.25) is 0 Å². The lowest BCUT2D eigenvalue weighted by atomic mass is 9.79. The molecule has 0 aromatic heterocycles. The summed E-state index contributed by atoms with van der Waals surface area (Å²) in [6, 6.07) is 8.78. The maximum atomic E-state index is 9.52. The van der Waals surface area contributed by atoms with E-state index in [1.165, 1.54) is 36.9 Å². The molecule has 124 valence electrons. The van der Waals surface area contributed by atoms with Crippen molar-refractivity contribution in [2.24, 2.45) is 11.8 Å². The highest BCUT2D eigenvalue weighted by Crippen LogP contribution is 2.30. The van der Waals surface area contributed by atoms with E-state index < -0.39 is 0 Å². The monoisotopic (exact) mass is 304 g/mol. The van der Waals surface area contributed by atoms with Gasteiger partial charge < -0.3 is 10.4 Å². The lowest BCUT2D eigenvalue weighted by molar-refractivity contribution is 0.141. The molecule has 0 amide bonds. The molecule has 0 bridgehead atoms. The van der Waals surface area contributed by atoms with Gasteiger partial charge in [-0.15, -0.1) is 0 Å². The van der Waals surface area contributed by atoms with E-state index in [2.05, 4.69) is 48.3 Å². The highest BCUT2D eigenvalue weighted by Gasteiger charge is 2.24. The fraction of sp³-hybridized carbons (Fsp3) is 0.684. The highest BCUT2D eigenvalue weighted by molar-refractivity contribution is 5.45. The molecule has 0 heterocycles. The van der Waals surface area contributed by atoms with Crippen molar-refractivity contribution in [3.63, 3.8) is 0 Å². The molecule has 1 aliphatic rings. The van der Waals surface area contributed by atoms with Gasteiger partial charge in [-0.25, -0.2) is 0 Å². The number of hydrogen-bond acceptors (Lipinski definition) is 3. The second-order valence-electron chi connectivity index (χ2n) is 6.53. The molecular weight excluding hydrogens is 272 g/mol. The molecule has 22 heavy (non-hydrogen) atoms. The molecule has 2 unspecified atom stereocenters. The molecule has 0 saturated heterocycles. The molecule has 1 aromatic rings. The molecule has 2 rings (SSSR count). The second-order valence-corrected chi connectivity index (χ2v) is 6.53. The van der Waals surface area contributed by atoms with Gasteiger partial charge in [-0.05, 0) is 55.5 Å². The summed E-state index contributed by atoms with van der Waals surface area (Å²) >= 11 is 0. The third-order valence-corrected chi connectivity index (χ3v) is 5.10. The van der Waals surface area contributed by atoms with Gasteiger partial charge in [0.2, 0.25) is 0 Å². The van der Waals surface area contributed by atoms with E-state index in [-0.39, 0.29) is 0 Å². The van der Waals surface area contributed by atoms with Crippen LogP contribution in [0.15, 0.2) is 24.3 Å². The van der Waals surface area contributed by atoms with Crippen LogP contribution in [0, 0.1) is 11.8 Å². The van der Waals surface area contributed by atoms with Gasteiger partial charge in [0.1, 0.15) is 0 Å². The number of rotatable bonds is 8. The predicted octanol–water partition coefficient (Wildman–Crippen LogP) is 3.74. The number of nitrogens with one attached hydrogen (secondary N) is 1. The molecule has 2 atom stereocenters. The average Bonchev–Trinajstić information content (AvgIpc) is 2.58. The van der Waals surface area contributed by atoms with Crippen molar-refractivity contribution in [2.75, 3.05) is 31.6 Å². The van der Waals surface area contributed by atoms with Crippen molar-refractivity contribution in [3.05, 3.63) is 29.8 Å². The summed E-state index contributed by atoms with van der Waals surface area (Å²) in [6.45, 7) is 8.95. The van der Waals surface area contributed by atoms with Crippen molar-refractivity contribution in [2.45, 2.75) is 46.1 Å². The average molecular weight is 304 g/mol. The van der Waals surface area contributed by atoms with Crippen LogP contribution < -0.4 is 5.32 Å². The smallest absolute Gasteiger partial charge is 0.0462 e. The van der Waals surface area contributed by atoms with Crippen molar-refractivity contribution in [1.82, 2.24) is 4.90 Å². The highest BCUT2D eigenvalue weighted by atomic mass is 16.3.